The fourth-order valence-corrected chi connectivity index (χ4v) is 2.78. The van der Waals surface area contributed by atoms with Crippen LogP contribution in [0.1, 0.15) is 23.2 Å². The zero-order valence-electron chi connectivity index (χ0n) is 14.5. The standard InChI is InChI=1S/C17H26N4O2.ClH/c1-18-12-13-7-9-21(10-8-13)16(22)14-5-4-6-15(11-14)19-17(23)20(2)3;/h4-6,11,13,18H,7-10,12H2,1-3H3,(H,19,23);1H. The Balaban J connectivity index is 0.00000288. The zero-order chi connectivity index (χ0) is 16.8. The first-order chi connectivity index (χ1) is 11.0. The molecule has 6 nitrogen and oxygen atoms in total. The quantitative estimate of drug-likeness (QED) is 0.871. The van der Waals surface area contributed by atoms with Crippen molar-refractivity contribution >= 4 is 30.0 Å². The second-order valence-corrected chi connectivity index (χ2v) is 6.20. The van der Waals surface area contributed by atoms with Crippen LogP contribution in [0.3, 0.4) is 0 Å². The van der Waals surface area contributed by atoms with Crippen molar-refractivity contribution in [2.75, 3.05) is 46.1 Å². The highest BCUT2D eigenvalue weighted by Crippen LogP contribution is 2.20. The van der Waals surface area contributed by atoms with E-state index >= 15 is 0 Å². The average Bonchev–Trinajstić information content (AvgIpc) is 2.55. The number of amides is 3. The Hall–Kier alpha value is -1.79. The average molecular weight is 355 g/mol. The van der Waals surface area contributed by atoms with E-state index in [0.717, 1.165) is 32.5 Å². The predicted molar refractivity (Wildman–Crippen MR) is 98.9 cm³/mol. The maximum absolute atomic E-state index is 12.6. The van der Waals surface area contributed by atoms with Crippen molar-refractivity contribution < 1.29 is 9.59 Å². The van der Waals surface area contributed by atoms with Crippen molar-refractivity contribution in [1.29, 1.82) is 0 Å². The lowest BCUT2D eigenvalue weighted by atomic mass is 9.96. The Morgan fingerprint density at radius 1 is 1.25 bits per heavy atom. The van der Waals surface area contributed by atoms with Crippen LogP contribution in [-0.2, 0) is 0 Å². The van der Waals surface area contributed by atoms with Crippen molar-refractivity contribution in [3.63, 3.8) is 0 Å². The van der Waals surface area contributed by atoms with E-state index in [-0.39, 0.29) is 24.3 Å². The van der Waals surface area contributed by atoms with Gasteiger partial charge in [-0.15, -0.1) is 12.4 Å². The summed E-state index contributed by atoms with van der Waals surface area (Å²) in [4.78, 5) is 27.7. The Bertz CT molecular complexity index is 557. The van der Waals surface area contributed by atoms with Crippen LogP contribution in [0.15, 0.2) is 24.3 Å². The molecule has 1 fully saturated rings. The van der Waals surface area contributed by atoms with Gasteiger partial charge in [-0.2, -0.15) is 0 Å². The van der Waals surface area contributed by atoms with Gasteiger partial charge in [0.15, 0.2) is 0 Å². The number of carbonyl (C=O) groups is 2. The first kappa shape index (κ1) is 20.3. The molecule has 2 N–H and O–H groups in total. The maximum Gasteiger partial charge on any atom is 0.321 e. The van der Waals surface area contributed by atoms with Crippen LogP contribution in [0.4, 0.5) is 10.5 Å². The third-order valence-corrected chi connectivity index (χ3v) is 4.16. The van der Waals surface area contributed by atoms with Gasteiger partial charge in [-0.05, 0) is 50.6 Å². The molecule has 1 saturated heterocycles. The van der Waals surface area contributed by atoms with E-state index in [1.165, 1.54) is 4.90 Å². The Labute approximate surface area is 150 Å². The van der Waals surface area contributed by atoms with E-state index in [9.17, 15) is 9.59 Å². The van der Waals surface area contributed by atoms with Gasteiger partial charge in [0.2, 0.25) is 0 Å². The molecule has 24 heavy (non-hydrogen) atoms. The normalized spacial score (nSPS) is 14.7. The summed E-state index contributed by atoms with van der Waals surface area (Å²) >= 11 is 0. The van der Waals surface area contributed by atoms with Crippen molar-refractivity contribution in [1.82, 2.24) is 15.1 Å². The molecule has 0 unspecified atom stereocenters. The fraction of sp³-hybridized carbons (Fsp3) is 0.529. The van der Waals surface area contributed by atoms with Gasteiger partial charge in [-0.3, -0.25) is 4.79 Å². The molecule has 0 spiro atoms. The van der Waals surface area contributed by atoms with Gasteiger partial charge in [0.05, 0.1) is 0 Å². The smallest absolute Gasteiger partial charge is 0.321 e. The Kier molecular flexibility index (Phi) is 8.01. The molecular formula is C17H27ClN4O2. The molecule has 7 heteroatoms. The first-order valence-electron chi connectivity index (χ1n) is 8.03. The minimum atomic E-state index is -0.206. The monoisotopic (exact) mass is 354 g/mol. The largest absolute Gasteiger partial charge is 0.339 e. The van der Waals surface area contributed by atoms with E-state index in [2.05, 4.69) is 10.6 Å². The van der Waals surface area contributed by atoms with Crippen LogP contribution in [0, 0.1) is 5.92 Å². The molecule has 0 aromatic heterocycles. The molecule has 1 heterocycles. The first-order valence-corrected chi connectivity index (χ1v) is 8.03. The van der Waals surface area contributed by atoms with Gasteiger partial charge in [0.25, 0.3) is 5.91 Å². The second-order valence-electron chi connectivity index (χ2n) is 6.20. The maximum atomic E-state index is 12.6. The summed E-state index contributed by atoms with van der Waals surface area (Å²) in [7, 11) is 5.32. The molecule has 1 aromatic rings. The fourth-order valence-electron chi connectivity index (χ4n) is 2.78. The number of benzene rings is 1. The van der Waals surface area contributed by atoms with Gasteiger partial charge in [-0.1, -0.05) is 6.07 Å². The molecule has 0 radical (unpaired) electrons. The number of nitrogens with one attached hydrogen (secondary N) is 2. The number of carbonyl (C=O) groups excluding carboxylic acids is 2. The van der Waals surface area contributed by atoms with Crippen molar-refractivity contribution in [2.45, 2.75) is 12.8 Å². The lowest BCUT2D eigenvalue weighted by molar-refractivity contribution is 0.0691. The summed E-state index contributed by atoms with van der Waals surface area (Å²) in [5, 5.41) is 5.97. The van der Waals surface area contributed by atoms with Crippen LogP contribution >= 0.6 is 12.4 Å². The van der Waals surface area contributed by atoms with Gasteiger partial charge in [0.1, 0.15) is 0 Å². The highest BCUT2D eigenvalue weighted by Gasteiger charge is 2.23. The second kappa shape index (κ2) is 9.49. The summed E-state index contributed by atoms with van der Waals surface area (Å²) < 4.78 is 0. The lowest BCUT2D eigenvalue weighted by Crippen LogP contribution is -2.40. The van der Waals surface area contributed by atoms with Crippen LogP contribution < -0.4 is 10.6 Å². The molecule has 0 atom stereocenters. The van der Waals surface area contributed by atoms with Gasteiger partial charge in [0, 0.05) is 38.4 Å². The molecule has 1 aliphatic rings. The molecule has 0 saturated carbocycles. The number of anilines is 1. The van der Waals surface area contributed by atoms with Gasteiger partial charge >= 0.3 is 6.03 Å². The SMILES string of the molecule is CNCC1CCN(C(=O)c2cccc(NC(=O)N(C)C)c2)CC1.Cl. The number of nitrogens with zero attached hydrogens (tertiary/aromatic N) is 2. The molecule has 2 rings (SSSR count). The zero-order valence-corrected chi connectivity index (χ0v) is 15.4. The van der Waals surface area contributed by atoms with Crippen LogP contribution in [-0.4, -0.2) is 62.5 Å². The summed E-state index contributed by atoms with van der Waals surface area (Å²) in [6.07, 6.45) is 2.06. The molecule has 1 aromatic carbocycles. The summed E-state index contributed by atoms with van der Waals surface area (Å²) in [5.74, 6) is 0.684. The minimum Gasteiger partial charge on any atom is -0.339 e. The molecule has 0 aliphatic carbocycles. The predicted octanol–water partition coefficient (Wildman–Crippen LogP) is 2.27. The van der Waals surface area contributed by atoms with Crippen molar-refractivity contribution in [3.8, 4) is 0 Å². The Morgan fingerprint density at radius 3 is 2.50 bits per heavy atom. The highest BCUT2D eigenvalue weighted by atomic mass is 35.5. The third-order valence-electron chi connectivity index (χ3n) is 4.16. The molecule has 3 amide bonds. The van der Waals surface area contributed by atoms with E-state index in [4.69, 9.17) is 0 Å². The summed E-state index contributed by atoms with van der Waals surface area (Å²) in [6.45, 7) is 2.59. The third kappa shape index (κ3) is 5.39. The van der Waals surface area contributed by atoms with E-state index in [1.807, 2.05) is 11.9 Å². The topological polar surface area (TPSA) is 64.7 Å². The van der Waals surface area contributed by atoms with Crippen molar-refractivity contribution in [3.05, 3.63) is 29.8 Å². The Morgan fingerprint density at radius 2 is 1.92 bits per heavy atom. The molecular weight excluding hydrogens is 328 g/mol. The van der Waals surface area contributed by atoms with Crippen molar-refractivity contribution in [2.24, 2.45) is 5.92 Å². The van der Waals surface area contributed by atoms with E-state index < -0.39 is 0 Å². The lowest BCUT2D eigenvalue weighted by Gasteiger charge is -2.32. The van der Waals surface area contributed by atoms with Crippen LogP contribution in [0.2, 0.25) is 0 Å². The van der Waals surface area contributed by atoms with Gasteiger partial charge in [-0.25, -0.2) is 4.79 Å². The number of hydrogen-bond donors (Lipinski definition) is 2. The number of urea groups is 1. The summed E-state index contributed by atoms with van der Waals surface area (Å²) in [5.41, 5.74) is 1.26. The van der Waals surface area contributed by atoms with Gasteiger partial charge < -0.3 is 20.4 Å². The van der Waals surface area contributed by atoms with Crippen LogP contribution in [0.25, 0.3) is 0 Å². The number of rotatable bonds is 4. The molecule has 134 valence electrons. The number of likely N-dealkylation sites (tertiary alicyclic amines) is 1. The molecule has 0 bridgehead atoms. The number of hydrogen-bond acceptors (Lipinski definition) is 3. The molecule has 1 aliphatic heterocycles. The van der Waals surface area contributed by atoms with Crippen LogP contribution in [0.5, 0.6) is 0 Å². The summed E-state index contributed by atoms with van der Waals surface area (Å²) in [6, 6.07) is 6.92. The number of halogens is 1. The number of piperidine rings is 1. The van der Waals surface area contributed by atoms with E-state index in [1.54, 1.807) is 38.4 Å². The minimum absolute atomic E-state index is 0. The highest BCUT2D eigenvalue weighted by molar-refractivity contribution is 5.96. The van der Waals surface area contributed by atoms with E-state index in [0.29, 0.717) is 17.2 Å².